The summed E-state index contributed by atoms with van der Waals surface area (Å²) in [7, 11) is 0. The molecule has 1 amide bonds. The highest BCUT2D eigenvalue weighted by Crippen LogP contribution is 2.32. The van der Waals surface area contributed by atoms with Gasteiger partial charge >= 0.3 is 0 Å². The lowest BCUT2D eigenvalue weighted by Crippen LogP contribution is -2.27. The third-order valence-electron chi connectivity index (χ3n) is 6.69. The minimum atomic E-state index is -0.112. The molecule has 1 saturated carbocycles. The van der Waals surface area contributed by atoms with Crippen LogP contribution in [0.1, 0.15) is 73.5 Å². The van der Waals surface area contributed by atoms with Crippen LogP contribution in [0, 0.1) is 0 Å². The van der Waals surface area contributed by atoms with E-state index in [0.717, 1.165) is 46.5 Å². The second kappa shape index (κ2) is 9.71. The Bertz CT molecular complexity index is 1250. The Balaban J connectivity index is 1.37. The molecule has 0 unspecified atom stereocenters. The Hall–Kier alpha value is -3.61. The van der Waals surface area contributed by atoms with E-state index in [4.69, 9.17) is 0 Å². The monoisotopic (exact) mass is 456 g/mol. The van der Waals surface area contributed by atoms with Crippen LogP contribution in [-0.2, 0) is 6.54 Å². The number of benzene rings is 1. The van der Waals surface area contributed by atoms with Crippen molar-refractivity contribution < 1.29 is 4.79 Å². The molecule has 0 atom stereocenters. The average molecular weight is 457 g/mol. The van der Waals surface area contributed by atoms with Gasteiger partial charge in [-0.2, -0.15) is 0 Å². The largest absolute Gasteiger partial charge is 0.381 e. The van der Waals surface area contributed by atoms with Crippen LogP contribution in [0.4, 0.5) is 5.69 Å². The number of anilines is 1. The van der Waals surface area contributed by atoms with E-state index in [1.165, 1.54) is 19.3 Å². The van der Waals surface area contributed by atoms with Gasteiger partial charge < -0.3 is 20.2 Å². The van der Waals surface area contributed by atoms with Crippen molar-refractivity contribution in [3.8, 4) is 5.69 Å². The number of amides is 1. The Morgan fingerprint density at radius 2 is 1.97 bits per heavy atom. The van der Waals surface area contributed by atoms with Crippen molar-refractivity contribution in [1.82, 2.24) is 24.8 Å². The fourth-order valence-corrected chi connectivity index (χ4v) is 4.66. The van der Waals surface area contributed by atoms with E-state index < -0.39 is 0 Å². The van der Waals surface area contributed by atoms with E-state index in [-0.39, 0.29) is 5.91 Å². The van der Waals surface area contributed by atoms with Gasteiger partial charge in [-0.1, -0.05) is 45.2 Å². The van der Waals surface area contributed by atoms with Crippen LogP contribution in [0.3, 0.4) is 0 Å². The molecule has 0 spiro atoms. The zero-order valence-corrected chi connectivity index (χ0v) is 19.8. The van der Waals surface area contributed by atoms with Crippen molar-refractivity contribution in [1.29, 1.82) is 0 Å². The van der Waals surface area contributed by atoms with Crippen LogP contribution < -0.4 is 10.6 Å². The van der Waals surface area contributed by atoms with Gasteiger partial charge in [0.15, 0.2) is 0 Å². The first kappa shape index (κ1) is 22.2. The molecule has 1 fully saturated rings. The molecule has 4 aromatic rings. The molecular formula is C27H32N6O. The zero-order chi connectivity index (χ0) is 23.5. The summed E-state index contributed by atoms with van der Waals surface area (Å²) >= 11 is 0. The number of aromatic nitrogens is 4. The molecule has 7 nitrogen and oxygen atoms in total. The van der Waals surface area contributed by atoms with Crippen LogP contribution in [0.2, 0.25) is 0 Å². The first-order chi connectivity index (χ1) is 16.6. The number of hydrogen-bond donors (Lipinski definition) is 3. The van der Waals surface area contributed by atoms with Crippen molar-refractivity contribution in [2.24, 2.45) is 0 Å². The number of nitrogens with zero attached hydrogens (tertiary/aromatic N) is 3. The summed E-state index contributed by atoms with van der Waals surface area (Å²) in [5, 5.41) is 7.80. The van der Waals surface area contributed by atoms with Crippen LogP contribution in [0.25, 0.3) is 16.7 Å². The lowest BCUT2D eigenvalue weighted by atomic mass is 9.95. The van der Waals surface area contributed by atoms with E-state index in [1.807, 2.05) is 35.0 Å². The summed E-state index contributed by atoms with van der Waals surface area (Å²) < 4.78 is 1.95. The van der Waals surface area contributed by atoms with E-state index in [1.54, 1.807) is 18.7 Å². The maximum Gasteiger partial charge on any atom is 0.255 e. The molecule has 5 rings (SSSR count). The summed E-state index contributed by atoms with van der Waals surface area (Å²) in [5.41, 5.74) is 5.53. The third-order valence-corrected chi connectivity index (χ3v) is 6.69. The molecule has 0 aliphatic heterocycles. The fraction of sp³-hybridized carbons (Fsp3) is 0.370. The number of fused-ring (bicyclic) bond motifs is 1. The quantitative estimate of drug-likeness (QED) is 0.340. The van der Waals surface area contributed by atoms with E-state index in [2.05, 4.69) is 45.5 Å². The average Bonchev–Trinajstić information content (AvgIpc) is 3.54. The van der Waals surface area contributed by atoms with Gasteiger partial charge in [0.25, 0.3) is 5.91 Å². The molecule has 3 aromatic heterocycles. The number of rotatable bonds is 7. The topological polar surface area (TPSA) is 87.6 Å². The molecule has 1 aliphatic rings. The van der Waals surface area contributed by atoms with Gasteiger partial charge in [-0.25, -0.2) is 9.97 Å². The van der Waals surface area contributed by atoms with Gasteiger partial charge in [-0.15, -0.1) is 0 Å². The molecule has 1 aromatic carbocycles. The van der Waals surface area contributed by atoms with Crippen LogP contribution in [0.15, 0.2) is 55.2 Å². The number of imidazole rings is 1. The number of pyridine rings is 1. The second-order valence-electron chi connectivity index (χ2n) is 9.49. The molecule has 3 heterocycles. The normalized spacial score (nSPS) is 14.6. The predicted molar refractivity (Wildman–Crippen MR) is 135 cm³/mol. The standard InChI is InChI=1S/C27H32N6O/c1-18(2)24-14-22-25(31-20-6-4-3-5-7-20)23(16-29-26(22)32-24)27(34)30-15-19-8-10-21(11-9-19)33-13-12-28-17-33/h8-14,16-18,20H,3-7,15H2,1-2H3,(H,30,34)(H2,29,31,32). The first-order valence-electron chi connectivity index (χ1n) is 12.2. The highest BCUT2D eigenvalue weighted by molar-refractivity contribution is 6.06. The number of carbonyl (C=O) groups excluding carboxylic acids is 1. The molecular weight excluding hydrogens is 424 g/mol. The van der Waals surface area contributed by atoms with Crippen molar-refractivity contribution in [3.63, 3.8) is 0 Å². The Morgan fingerprint density at radius 1 is 1.18 bits per heavy atom. The maximum atomic E-state index is 13.3. The van der Waals surface area contributed by atoms with Gasteiger partial charge in [0.05, 0.1) is 17.6 Å². The summed E-state index contributed by atoms with van der Waals surface area (Å²) in [4.78, 5) is 25.4. The summed E-state index contributed by atoms with van der Waals surface area (Å²) in [6, 6.07) is 10.6. The van der Waals surface area contributed by atoms with E-state index in [0.29, 0.717) is 24.1 Å². The van der Waals surface area contributed by atoms with Crippen LogP contribution in [-0.4, -0.2) is 31.5 Å². The fourth-order valence-electron chi connectivity index (χ4n) is 4.66. The molecule has 0 radical (unpaired) electrons. The number of hydrogen-bond acceptors (Lipinski definition) is 4. The van der Waals surface area contributed by atoms with Crippen molar-refractivity contribution in [2.75, 3.05) is 5.32 Å². The third kappa shape index (κ3) is 4.69. The Morgan fingerprint density at radius 3 is 2.68 bits per heavy atom. The predicted octanol–water partition coefficient (Wildman–Crippen LogP) is 5.55. The van der Waals surface area contributed by atoms with Gasteiger partial charge in [0.2, 0.25) is 0 Å². The summed E-state index contributed by atoms with van der Waals surface area (Å²) in [5.74, 6) is 0.248. The minimum Gasteiger partial charge on any atom is -0.381 e. The number of carbonyl (C=O) groups is 1. The van der Waals surface area contributed by atoms with Gasteiger partial charge in [0, 0.05) is 47.9 Å². The highest BCUT2D eigenvalue weighted by Gasteiger charge is 2.21. The maximum absolute atomic E-state index is 13.3. The highest BCUT2D eigenvalue weighted by atomic mass is 16.1. The SMILES string of the molecule is CC(C)c1cc2c(NC3CCCCC3)c(C(=O)NCc3ccc(-n4ccnc4)cc3)cnc2[nH]1. The Kier molecular flexibility index (Phi) is 6.34. The minimum absolute atomic E-state index is 0.112. The molecule has 0 bridgehead atoms. The molecule has 7 heteroatoms. The molecule has 3 N–H and O–H groups in total. The summed E-state index contributed by atoms with van der Waals surface area (Å²) in [6.07, 6.45) is 13.2. The first-order valence-corrected chi connectivity index (χ1v) is 12.2. The summed E-state index contributed by atoms with van der Waals surface area (Å²) in [6.45, 7) is 4.77. The number of nitrogens with one attached hydrogen (secondary N) is 3. The van der Waals surface area contributed by atoms with Crippen molar-refractivity contribution in [2.45, 2.75) is 64.5 Å². The molecule has 0 saturated heterocycles. The van der Waals surface area contributed by atoms with Crippen molar-refractivity contribution >= 4 is 22.6 Å². The second-order valence-corrected chi connectivity index (χ2v) is 9.49. The van der Waals surface area contributed by atoms with Gasteiger partial charge in [-0.3, -0.25) is 4.79 Å². The number of H-pyrrole nitrogens is 1. The van der Waals surface area contributed by atoms with Crippen LogP contribution >= 0.6 is 0 Å². The smallest absolute Gasteiger partial charge is 0.255 e. The molecule has 1 aliphatic carbocycles. The van der Waals surface area contributed by atoms with Crippen LogP contribution in [0.5, 0.6) is 0 Å². The lowest BCUT2D eigenvalue weighted by Gasteiger charge is -2.25. The van der Waals surface area contributed by atoms with E-state index >= 15 is 0 Å². The van der Waals surface area contributed by atoms with Gasteiger partial charge in [0.1, 0.15) is 5.65 Å². The lowest BCUT2D eigenvalue weighted by molar-refractivity contribution is 0.0951. The zero-order valence-electron chi connectivity index (χ0n) is 19.8. The molecule has 176 valence electrons. The van der Waals surface area contributed by atoms with Crippen molar-refractivity contribution in [3.05, 3.63) is 72.1 Å². The number of aromatic amines is 1. The Labute approximate surface area is 200 Å². The van der Waals surface area contributed by atoms with Gasteiger partial charge in [-0.05, 0) is 42.5 Å². The molecule has 34 heavy (non-hydrogen) atoms. The van der Waals surface area contributed by atoms with E-state index in [9.17, 15) is 4.79 Å².